The Balaban J connectivity index is 1.92. The van der Waals surface area contributed by atoms with Crippen LogP contribution in [0.15, 0.2) is 0 Å². The summed E-state index contributed by atoms with van der Waals surface area (Å²) in [5, 5.41) is 10.4. The molecule has 0 aromatic carbocycles. The third-order valence-electron chi connectivity index (χ3n) is 4.23. The van der Waals surface area contributed by atoms with E-state index in [1.807, 2.05) is 0 Å². The molecular weight excluding hydrogens is 233 g/mol. The molecule has 100 valence electrons. The van der Waals surface area contributed by atoms with Crippen molar-refractivity contribution < 1.29 is 23.0 Å². The van der Waals surface area contributed by atoms with Crippen LogP contribution in [-0.4, -0.2) is 30.1 Å². The molecule has 5 heteroatoms. The average Bonchev–Trinajstić information content (AvgIpc) is 2.29. The van der Waals surface area contributed by atoms with E-state index < -0.39 is 17.7 Å². The van der Waals surface area contributed by atoms with Crippen molar-refractivity contribution >= 4 is 0 Å². The number of alkyl halides is 3. The standard InChI is InChI=1S/C12H19F3O2/c13-12(14,15)9-3-5-11(16,6-4-9)10-2-1-7-17-8-10/h9-10,16H,1-8H2. The van der Waals surface area contributed by atoms with Gasteiger partial charge in [-0.25, -0.2) is 0 Å². The molecule has 1 heterocycles. The van der Waals surface area contributed by atoms with Gasteiger partial charge in [0.15, 0.2) is 0 Å². The van der Waals surface area contributed by atoms with Gasteiger partial charge in [0.25, 0.3) is 0 Å². The Morgan fingerprint density at radius 1 is 1.12 bits per heavy atom. The molecule has 2 nitrogen and oxygen atoms in total. The number of hydrogen-bond donors (Lipinski definition) is 1. The molecule has 2 fully saturated rings. The Kier molecular flexibility index (Phi) is 3.69. The Labute approximate surface area is 99.1 Å². The Morgan fingerprint density at radius 2 is 1.76 bits per heavy atom. The Hall–Kier alpha value is -0.290. The van der Waals surface area contributed by atoms with Crippen LogP contribution in [0.3, 0.4) is 0 Å². The third-order valence-corrected chi connectivity index (χ3v) is 4.23. The first-order chi connectivity index (χ1) is 7.92. The summed E-state index contributed by atoms with van der Waals surface area (Å²) in [6.07, 6.45) is -1.73. The van der Waals surface area contributed by atoms with E-state index in [2.05, 4.69) is 0 Å². The predicted molar refractivity (Wildman–Crippen MR) is 56.5 cm³/mol. The largest absolute Gasteiger partial charge is 0.391 e. The lowest BCUT2D eigenvalue weighted by Gasteiger charge is -2.43. The van der Waals surface area contributed by atoms with Crippen LogP contribution in [0.25, 0.3) is 0 Å². The number of aliphatic hydroxyl groups is 1. The van der Waals surface area contributed by atoms with Crippen LogP contribution in [0.4, 0.5) is 13.2 Å². The first-order valence-corrected chi connectivity index (χ1v) is 6.29. The average molecular weight is 252 g/mol. The van der Waals surface area contributed by atoms with Gasteiger partial charge in [0, 0.05) is 12.5 Å². The van der Waals surface area contributed by atoms with Crippen molar-refractivity contribution in [1.29, 1.82) is 0 Å². The van der Waals surface area contributed by atoms with E-state index in [0.29, 0.717) is 13.2 Å². The zero-order valence-electron chi connectivity index (χ0n) is 9.80. The second-order valence-electron chi connectivity index (χ2n) is 5.33. The highest BCUT2D eigenvalue weighted by atomic mass is 19.4. The lowest BCUT2D eigenvalue weighted by atomic mass is 9.70. The Bertz CT molecular complexity index is 251. The summed E-state index contributed by atoms with van der Waals surface area (Å²) in [5.41, 5.74) is -0.928. The van der Waals surface area contributed by atoms with Gasteiger partial charge in [-0.05, 0) is 38.5 Å². The van der Waals surface area contributed by atoms with Crippen LogP contribution in [0.2, 0.25) is 0 Å². The van der Waals surface area contributed by atoms with Gasteiger partial charge in [0.1, 0.15) is 0 Å². The first kappa shape index (κ1) is 13.1. The van der Waals surface area contributed by atoms with E-state index in [0.717, 1.165) is 12.8 Å². The summed E-state index contributed by atoms with van der Waals surface area (Å²) in [6.45, 7) is 1.20. The van der Waals surface area contributed by atoms with E-state index in [9.17, 15) is 18.3 Å². The smallest absolute Gasteiger partial charge is 0.390 e. The molecule has 17 heavy (non-hydrogen) atoms. The minimum absolute atomic E-state index is 0.0189. The molecule has 0 amide bonds. The lowest BCUT2D eigenvalue weighted by Crippen LogP contribution is -2.46. The third kappa shape index (κ3) is 2.94. The van der Waals surface area contributed by atoms with Gasteiger partial charge in [-0.15, -0.1) is 0 Å². The molecule has 1 N–H and O–H groups in total. The van der Waals surface area contributed by atoms with Crippen LogP contribution in [0, 0.1) is 11.8 Å². The van der Waals surface area contributed by atoms with E-state index in [1.165, 1.54) is 0 Å². The highest BCUT2D eigenvalue weighted by Gasteiger charge is 2.47. The van der Waals surface area contributed by atoms with Crippen molar-refractivity contribution in [3.63, 3.8) is 0 Å². The van der Waals surface area contributed by atoms with Gasteiger partial charge in [-0.3, -0.25) is 0 Å². The molecule has 1 aliphatic carbocycles. The predicted octanol–water partition coefficient (Wildman–Crippen LogP) is 2.90. The number of hydrogen-bond acceptors (Lipinski definition) is 2. The van der Waals surface area contributed by atoms with Crippen molar-refractivity contribution in [3.8, 4) is 0 Å². The zero-order valence-corrected chi connectivity index (χ0v) is 9.80. The van der Waals surface area contributed by atoms with Crippen LogP contribution in [-0.2, 0) is 4.74 Å². The summed E-state index contributed by atoms with van der Waals surface area (Å²) in [5.74, 6) is -1.21. The minimum Gasteiger partial charge on any atom is -0.390 e. The normalized spacial score (nSPS) is 40.2. The summed E-state index contributed by atoms with van der Waals surface area (Å²) >= 11 is 0. The fourth-order valence-corrected chi connectivity index (χ4v) is 3.02. The first-order valence-electron chi connectivity index (χ1n) is 6.29. The summed E-state index contributed by atoms with van der Waals surface area (Å²) < 4.78 is 42.9. The molecule has 0 bridgehead atoms. The maximum Gasteiger partial charge on any atom is 0.391 e. The van der Waals surface area contributed by atoms with Crippen molar-refractivity contribution in [3.05, 3.63) is 0 Å². The monoisotopic (exact) mass is 252 g/mol. The summed E-state index contributed by atoms with van der Waals surface area (Å²) in [7, 11) is 0. The zero-order chi connectivity index (χ0) is 12.5. The van der Waals surface area contributed by atoms with Crippen molar-refractivity contribution in [2.45, 2.75) is 50.3 Å². The number of halogens is 3. The molecule has 1 saturated carbocycles. The van der Waals surface area contributed by atoms with Crippen LogP contribution in [0.5, 0.6) is 0 Å². The van der Waals surface area contributed by atoms with E-state index in [1.54, 1.807) is 0 Å². The van der Waals surface area contributed by atoms with E-state index >= 15 is 0 Å². The molecular formula is C12H19F3O2. The van der Waals surface area contributed by atoms with Crippen LogP contribution in [0.1, 0.15) is 38.5 Å². The van der Waals surface area contributed by atoms with Gasteiger partial charge in [0.2, 0.25) is 0 Å². The maximum atomic E-state index is 12.5. The fraction of sp³-hybridized carbons (Fsp3) is 1.00. The van der Waals surface area contributed by atoms with Gasteiger partial charge in [0.05, 0.1) is 18.1 Å². The van der Waals surface area contributed by atoms with Crippen LogP contribution >= 0.6 is 0 Å². The summed E-state index contributed by atoms with van der Waals surface area (Å²) in [4.78, 5) is 0. The second-order valence-corrected chi connectivity index (χ2v) is 5.33. The van der Waals surface area contributed by atoms with Gasteiger partial charge in [-0.2, -0.15) is 13.2 Å². The fourth-order valence-electron chi connectivity index (χ4n) is 3.02. The van der Waals surface area contributed by atoms with Crippen molar-refractivity contribution in [2.75, 3.05) is 13.2 Å². The molecule has 1 saturated heterocycles. The summed E-state index contributed by atoms with van der Waals surface area (Å²) in [6, 6.07) is 0. The molecule has 1 atom stereocenters. The Morgan fingerprint density at radius 3 is 2.24 bits per heavy atom. The van der Waals surface area contributed by atoms with Gasteiger partial charge in [-0.1, -0.05) is 0 Å². The van der Waals surface area contributed by atoms with E-state index in [-0.39, 0.29) is 31.6 Å². The van der Waals surface area contributed by atoms with Crippen LogP contribution < -0.4 is 0 Å². The van der Waals surface area contributed by atoms with Crippen molar-refractivity contribution in [2.24, 2.45) is 11.8 Å². The van der Waals surface area contributed by atoms with E-state index in [4.69, 9.17) is 4.74 Å². The minimum atomic E-state index is -4.11. The molecule has 1 aliphatic heterocycles. The second kappa shape index (κ2) is 4.76. The topological polar surface area (TPSA) is 29.5 Å². The molecule has 1 unspecified atom stereocenters. The van der Waals surface area contributed by atoms with Crippen molar-refractivity contribution in [1.82, 2.24) is 0 Å². The molecule has 2 aliphatic rings. The molecule has 0 aromatic rings. The molecule has 0 spiro atoms. The SMILES string of the molecule is OC1(C2CCCOC2)CCC(C(F)(F)F)CC1. The number of ether oxygens (including phenoxy) is 1. The maximum absolute atomic E-state index is 12.5. The van der Waals surface area contributed by atoms with Gasteiger partial charge >= 0.3 is 6.18 Å². The highest BCUT2D eigenvalue weighted by molar-refractivity contribution is 4.93. The lowest BCUT2D eigenvalue weighted by molar-refractivity contribution is -0.199. The molecule has 0 aromatic heterocycles. The molecule has 0 radical (unpaired) electrons. The number of rotatable bonds is 1. The van der Waals surface area contributed by atoms with Gasteiger partial charge < -0.3 is 9.84 Å². The molecule has 2 rings (SSSR count). The quantitative estimate of drug-likeness (QED) is 0.777. The highest BCUT2D eigenvalue weighted by Crippen LogP contribution is 2.45.